The largest absolute Gasteiger partial charge is 0.506 e. The Kier molecular flexibility index (Phi) is 7.40. The third-order valence-electron chi connectivity index (χ3n) is 3.16. The van der Waals surface area contributed by atoms with Crippen LogP contribution in [0.1, 0.15) is 42.5 Å². The molecule has 1 aromatic heterocycles. The lowest BCUT2D eigenvalue weighted by atomic mass is 10.1. The van der Waals surface area contributed by atoms with Crippen LogP contribution < -0.4 is 5.32 Å². The van der Waals surface area contributed by atoms with Gasteiger partial charge in [-0.1, -0.05) is 12.8 Å². The molecule has 0 bridgehead atoms. The number of hydrogen-bond donors (Lipinski definition) is 4. The number of aryl methyl sites for hydroxylation is 1. The minimum atomic E-state index is -0.117. The Morgan fingerprint density at radius 3 is 2.58 bits per heavy atom. The number of nitrogens with zero attached hydrogens (tertiary/aromatic N) is 1. The van der Waals surface area contributed by atoms with E-state index in [4.69, 9.17) is 5.11 Å². The molecule has 0 saturated heterocycles. The van der Waals surface area contributed by atoms with E-state index in [9.17, 15) is 10.2 Å². The molecule has 1 rings (SSSR count). The highest BCUT2D eigenvalue weighted by molar-refractivity contribution is 5.40. The molecule has 5 nitrogen and oxygen atoms in total. The Labute approximate surface area is 114 Å². The number of aromatic nitrogens is 1. The van der Waals surface area contributed by atoms with Crippen molar-refractivity contribution in [2.45, 2.75) is 45.8 Å². The summed E-state index contributed by atoms with van der Waals surface area (Å²) in [4.78, 5) is 4.03. The number of pyridine rings is 1. The molecule has 1 heterocycles. The highest BCUT2D eigenvalue weighted by atomic mass is 16.3. The zero-order valence-electron chi connectivity index (χ0n) is 11.5. The zero-order chi connectivity index (χ0) is 14.1. The second kappa shape index (κ2) is 8.85. The first-order chi connectivity index (χ1) is 9.20. The monoisotopic (exact) mass is 268 g/mol. The molecule has 0 aliphatic rings. The molecule has 0 aromatic carbocycles. The molecule has 0 fully saturated rings. The standard InChI is InChI=1S/C14H24N2O3/c1-11-14(19)13(12(10-18)8-16-11)9-15-6-4-2-3-5-7-17/h8,15,17-19H,2-7,9-10H2,1H3. The van der Waals surface area contributed by atoms with E-state index in [0.29, 0.717) is 17.8 Å². The van der Waals surface area contributed by atoms with Gasteiger partial charge in [0, 0.05) is 30.5 Å². The van der Waals surface area contributed by atoms with Gasteiger partial charge in [-0.25, -0.2) is 0 Å². The number of unbranched alkanes of at least 4 members (excludes halogenated alkanes) is 3. The first kappa shape index (κ1) is 15.9. The van der Waals surface area contributed by atoms with E-state index >= 15 is 0 Å². The lowest BCUT2D eigenvalue weighted by Gasteiger charge is -2.12. The number of aromatic hydroxyl groups is 1. The molecule has 19 heavy (non-hydrogen) atoms. The second-order valence-corrected chi connectivity index (χ2v) is 4.67. The van der Waals surface area contributed by atoms with Crippen LogP contribution >= 0.6 is 0 Å². The summed E-state index contributed by atoms with van der Waals surface area (Å²) < 4.78 is 0. The van der Waals surface area contributed by atoms with Crippen LogP contribution in [0.2, 0.25) is 0 Å². The summed E-state index contributed by atoms with van der Waals surface area (Å²) in [6.07, 6.45) is 5.63. The van der Waals surface area contributed by atoms with Gasteiger partial charge in [-0.2, -0.15) is 0 Å². The molecule has 0 aliphatic carbocycles. The van der Waals surface area contributed by atoms with Crippen molar-refractivity contribution in [3.63, 3.8) is 0 Å². The third-order valence-corrected chi connectivity index (χ3v) is 3.16. The summed E-state index contributed by atoms with van der Waals surface area (Å²) in [5.41, 5.74) is 1.97. The summed E-state index contributed by atoms with van der Waals surface area (Å²) in [7, 11) is 0. The molecule has 1 aromatic rings. The van der Waals surface area contributed by atoms with Gasteiger partial charge < -0.3 is 20.6 Å². The molecular formula is C14H24N2O3. The Hall–Kier alpha value is -1.17. The van der Waals surface area contributed by atoms with E-state index in [-0.39, 0.29) is 19.0 Å². The molecule has 0 aliphatic heterocycles. The van der Waals surface area contributed by atoms with Crippen molar-refractivity contribution < 1.29 is 15.3 Å². The zero-order valence-corrected chi connectivity index (χ0v) is 11.5. The Balaban J connectivity index is 2.38. The number of nitrogens with one attached hydrogen (secondary N) is 1. The van der Waals surface area contributed by atoms with Gasteiger partial charge in [0.05, 0.1) is 12.3 Å². The van der Waals surface area contributed by atoms with E-state index < -0.39 is 0 Å². The molecule has 0 amide bonds. The molecule has 0 saturated carbocycles. The van der Waals surface area contributed by atoms with Gasteiger partial charge in [0.2, 0.25) is 0 Å². The highest BCUT2D eigenvalue weighted by Crippen LogP contribution is 2.23. The van der Waals surface area contributed by atoms with E-state index in [1.807, 2.05) is 0 Å². The average Bonchev–Trinajstić information content (AvgIpc) is 2.42. The number of hydrogen-bond acceptors (Lipinski definition) is 5. The fourth-order valence-electron chi connectivity index (χ4n) is 1.95. The molecular weight excluding hydrogens is 244 g/mol. The van der Waals surface area contributed by atoms with Crippen molar-refractivity contribution in [3.05, 3.63) is 23.0 Å². The van der Waals surface area contributed by atoms with Gasteiger partial charge in [-0.15, -0.1) is 0 Å². The number of aliphatic hydroxyl groups is 2. The molecule has 0 spiro atoms. The van der Waals surface area contributed by atoms with E-state index in [1.54, 1.807) is 13.1 Å². The summed E-state index contributed by atoms with van der Waals surface area (Å²) in [6.45, 7) is 3.28. The van der Waals surface area contributed by atoms with E-state index in [1.165, 1.54) is 0 Å². The number of aliphatic hydroxyl groups excluding tert-OH is 2. The Bertz CT molecular complexity index is 383. The minimum Gasteiger partial charge on any atom is -0.506 e. The van der Waals surface area contributed by atoms with Crippen LogP contribution in [0.3, 0.4) is 0 Å². The van der Waals surface area contributed by atoms with Gasteiger partial charge in [0.1, 0.15) is 5.75 Å². The van der Waals surface area contributed by atoms with Crippen molar-refractivity contribution in [2.24, 2.45) is 0 Å². The first-order valence-corrected chi connectivity index (χ1v) is 6.79. The van der Waals surface area contributed by atoms with Crippen LogP contribution in [-0.4, -0.2) is 33.5 Å². The lowest BCUT2D eigenvalue weighted by Crippen LogP contribution is -2.16. The van der Waals surface area contributed by atoms with Crippen LogP contribution in [0.4, 0.5) is 0 Å². The smallest absolute Gasteiger partial charge is 0.141 e. The van der Waals surface area contributed by atoms with Crippen LogP contribution in [0.15, 0.2) is 6.20 Å². The van der Waals surface area contributed by atoms with Gasteiger partial charge in [0.25, 0.3) is 0 Å². The fraction of sp³-hybridized carbons (Fsp3) is 0.643. The maximum absolute atomic E-state index is 9.94. The van der Waals surface area contributed by atoms with Crippen LogP contribution in [-0.2, 0) is 13.2 Å². The highest BCUT2D eigenvalue weighted by Gasteiger charge is 2.10. The molecule has 0 unspecified atom stereocenters. The van der Waals surface area contributed by atoms with Crippen LogP contribution in [0, 0.1) is 6.92 Å². The topological polar surface area (TPSA) is 85.6 Å². The van der Waals surface area contributed by atoms with Gasteiger partial charge in [0.15, 0.2) is 0 Å². The van der Waals surface area contributed by atoms with Gasteiger partial charge in [-0.05, 0) is 26.3 Å². The Morgan fingerprint density at radius 2 is 1.89 bits per heavy atom. The predicted octanol–water partition coefficient (Wildman–Crippen LogP) is 1.23. The van der Waals surface area contributed by atoms with Crippen molar-refractivity contribution in [1.82, 2.24) is 10.3 Å². The summed E-state index contributed by atoms with van der Waals surface area (Å²) in [5, 5.41) is 31.1. The van der Waals surface area contributed by atoms with Crippen molar-refractivity contribution in [3.8, 4) is 5.75 Å². The summed E-state index contributed by atoms with van der Waals surface area (Å²) in [6, 6.07) is 0. The Morgan fingerprint density at radius 1 is 1.16 bits per heavy atom. The van der Waals surface area contributed by atoms with Gasteiger partial charge in [-0.3, -0.25) is 4.98 Å². The summed E-state index contributed by atoms with van der Waals surface area (Å²) in [5.74, 6) is 0.166. The van der Waals surface area contributed by atoms with Crippen LogP contribution in [0.5, 0.6) is 5.75 Å². The predicted molar refractivity (Wildman–Crippen MR) is 73.8 cm³/mol. The maximum atomic E-state index is 9.94. The average molecular weight is 268 g/mol. The quantitative estimate of drug-likeness (QED) is 0.506. The molecule has 0 atom stereocenters. The number of rotatable bonds is 9. The summed E-state index contributed by atoms with van der Waals surface area (Å²) >= 11 is 0. The van der Waals surface area contributed by atoms with Crippen molar-refractivity contribution in [2.75, 3.05) is 13.2 Å². The SMILES string of the molecule is Cc1ncc(CO)c(CNCCCCCCO)c1O. The third kappa shape index (κ3) is 5.14. The van der Waals surface area contributed by atoms with Gasteiger partial charge >= 0.3 is 0 Å². The van der Waals surface area contributed by atoms with Crippen molar-refractivity contribution in [1.29, 1.82) is 0 Å². The molecule has 0 radical (unpaired) electrons. The lowest BCUT2D eigenvalue weighted by molar-refractivity contribution is 0.278. The molecule has 4 N–H and O–H groups in total. The van der Waals surface area contributed by atoms with Crippen molar-refractivity contribution >= 4 is 0 Å². The normalized spacial score (nSPS) is 10.9. The fourth-order valence-corrected chi connectivity index (χ4v) is 1.95. The maximum Gasteiger partial charge on any atom is 0.141 e. The molecule has 108 valence electrons. The minimum absolute atomic E-state index is 0.117. The second-order valence-electron chi connectivity index (χ2n) is 4.67. The molecule has 5 heteroatoms. The van der Waals surface area contributed by atoms with E-state index in [2.05, 4.69) is 10.3 Å². The van der Waals surface area contributed by atoms with Crippen LogP contribution in [0.25, 0.3) is 0 Å². The van der Waals surface area contributed by atoms with E-state index in [0.717, 1.165) is 37.8 Å². The first-order valence-electron chi connectivity index (χ1n) is 6.79.